The monoisotopic (exact) mass is 348 g/mol. The highest BCUT2D eigenvalue weighted by Crippen LogP contribution is 2.39. The number of fused-ring (bicyclic) bond motifs is 1. The van der Waals surface area contributed by atoms with E-state index in [2.05, 4.69) is 4.98 Å². The van der Waals surface area contributed by atoms with Crippen molar-refractivity contribution in [3.8, 4) is 6.07 Å². The van der Waals surface area contributed by atoms with Gasteiger partial charge in [0, 0.05) is 23.8 Å². The second kappa shape index (κ2) is 6.24. The average Bonchev–Trinajstić information content (AvgIpc) is 2.59. The number of carbonyl (C=O) groups excluding carboxylic acids is 1. The lowest BCUT2D eigenvalue weighted by Gasteiger charge is -2.40. The van der Waals surface area contributed by atoms with Gasteiger partial charge in [0.15, 0.2) is 0 Å². The number of hydrogen-bond donors (Lipinski definition) is 1. The van der Waals surface area contributed by atoms with Crippen LogP contribution in [-0.4, -0.2) is 29.7 Å². The van der Waals surface area contributed by atoms with Crippen molar-refractivity contribution in [1.82, 2.24) is 4.98 Å². The molecule has 0 radical (unpaired) electrons. The van der Waals surface area contributed by atoms with Gasteiger partial charge in [0.05, 0.1) is 17.0 Å². The molecule has 25 heavy (non-hydrogen) atoms. The van der Waals surface area contributed by atoms with Crippen LogP contribution in [-0.2, 0) is 4.79 Å². The third-order valence-electron chi connectivity index (χ3n) is 4.55. The van der Waals surface area contributed by atoms with Gasteiger partial charge in [-0.15, -0.1) is 0 Å². The minimum atomic E-state index is -4.35. The van der Waals surface area contributed by atoms with Crippen LogP contribution in [0, 0.1) is 17.2 Å². The number of aromatic nitrogens is 1. The van der Waals surface area contributed by atoms with Crippen molar-refractivity contribution in [3.05, 3.63) is 36.0 Å². The van der Waals surface area contributed by atoms with Gasteiger partial charge >= 0.3 is 6.18 Å². The zero-order chi connectivity index (χ0) is 18.2. The molecule has 3 rings (SSSR count). The number of pyridine rings is 1. The van der Waals surface area contributed by atoms with Gasteiger partial charge in [-0.1, -0.05) is 0 Å². The van der Waals surface area contributed by atoms with Crippen molar-refractivity contribution in [2.45, 2.75) is 25.1 Å². The number of primary amides is 1. The lowest BCUT2D eigenvalue weighted by molar-refractivity contribution is -0.177. The molecular formula is C17H15F3N4O. The molecule has 1 unspecified atom stereocenters. The molecule has 1 saturated heterocycles. The smallest absolute Gasteiger partial charge is 0.368 e. The van der Waals surface area contributed by atoms with E-state index < -0.39 is 24.0 Å². The van der Waals surface area contributed by atoms with E-state index >= 15 is 0 Å². The van der Waals surface area contributed by atoms with Crippen LogP contribution in [0.25, 0.3) is 10.9 Å². The Bertz CT molecular complexity index is 859. The number of hydrogen-bond acceptors (Lipinski definition) is 4. The fourth-order valence-corrected chi connectivity index (χ4v) is 3.30. The quantitative estimate of drug-likeness (QED) is 0.905. The maximum atomic E-state index is 13.2. The molecule has 1 fully saturated rings. The highest BCUT2D eigenvalue weighted by atomic mass is 19.4. The van der Waals surface area contributed by atoms with Crippen molar-refractivity contribution < 1.29 is 18.0 Å². The second-order valence-electron chi connectivity index (χ2n) is 6.03. The Kier molecular flexibility index (Phi) is 4.25. The molecule has 1 aliphatic heterocycles. The highest BCUT2D eigenvalue weighted by molar-refractivity contribution is 5.97. The van der Waals surface area contributed by atoms with Crippen LogP contribution in [0.2, 0.25) is 0 Å². The molecule has 1 aromatic carbocycles. The first-order valence-electron chi connectivity index (χ1n) is 7.73. The summed E-state index contributed by atoms with van der Waals surface area (Å²) in [5.41, 5.74) is 6.56. The summed E-state index contributed by atoms with van der Waals surface area (Å²) < 4.78 is 39.6. The Morgan fingerprint density at radius 3 is 2.72 bits per heavy atom. The van der Waals surface area contributed by atoms with Gasteiger partial charge in [-0.2, -0.15) is 18.4 Å². The Balaban J connectivity index is 2.12. The Hall–Kier alpha value is -2.82. The van der Waals surface area contributed by atoms with Gasteiger partial charge in [-0.05, 0) is 37.1 Å². The summed E-state index contributed by atoms with van der Waals surface area (Å²) in [5, 5.41) is 9.72. The minimum Gasteiger partial charge on any atom is -0.368 e. The number of piperidine rings is 1. The van der Waals surface area contributed by atoms with Crippen molar-refractivity contribution in [2.24, 2.45) is 11.7 Å². The number of benzene rings is 1. The number of nitriles is 1. The number of anilines is 1. The number of rotatable bonds is 2. The Morgan fingerprint density at radius 2 is 2.08 bits per heavy atom. The van der Waals surface area contributed by atoms with Crippen molar-refractivity contribution >= 4 is 22.5 Å². The van der Waals surface area contributed by atoms with Crippen molar-refractivity contribution in [1.29, 1.82) is 5.26 Å². The molecule has 2 heterocycles. The number of alkyl halides is 3. The van der Waals surface area contributed by atoms with E-state index in [4.69, 9.17) is 5.73 Å². The van der Waals surface area contributed by atoms with Crippen LogP contribution in [0.3, 0.4) is 0 Å². The molecule has 130 valence electrons. The first-order valence-corrected chi connectivity index (χ1v) is 7.73. The highest BCUT2D eigenvalue weighted by Gasteiger charge is 2.45. The Morgan fingerprint density at radius 1 is 1.32 bits per heavy atom. The van der Waals surface area contributed by atoms with E-state index in [9.17, 15) is 23.2 Å². The lowest BCUT2D eigenvalue weighted by Crippen LogP contribution is -2.53. The molecule has 0 saturated carbocycles. The molecule has 1 aliphatic rings. The summed E-state index contributed by atoms with van der Waals surface area (Å²) in [6, 6.07) is 7.55. The first kappa shape index (κ1) is 17.0. The third-order valence-corrected chi connectivity index (χ3v) is 4.55. The van der Waals surface area contributed by atoms with Gasteiger partial charge in [0.2, 0.25) is 5.91 Å². The van der Waals surface area contributed by atoms with Crippen LogP contribution in [0.1, 0.15) is 18.4 Å². The topological polar surface area (TPSA) is 83.0 Å². The summed E-state index contributed by atoms with van der Waals surface area (Å²) in [6.07, 6.45) is -2.95. The van der Waals surface area contributed by atoms with Gasteiger partial charge in [0.1, 0.15) is 12.1 Å². The molecule has 0 aliphatic carbocycles. The van der Waals surface area contributed by atoms with Gasteiger partial charge in [0.25, 0.3) is 0 Å². The van der Waals surface area contributed by atoms with E-state index in [0.29, 0.717) is 22.2 Å². The third kappa shape index (κ3) is 3.09. The molecular weight excluding hydrogens is 333 g/mol. The molecule has 1 aromatic heterocycles. The SMILES string of the molecule is N#Cc1ccc(N2C[C@@H](C(F)(F)F)CCC2C(N)=O)c2cccnc12. The molecule has 2 aromatic rings. The summed E-state index contributed by atoms with van der Waals surface area (Å²) in [7, 11) is 0. The zero-order valence-corrected chi connectivity index (χ0v) is 13.1. The first-order chi connectivity index (χ1) is 11.8. The minimum absolute atomic E-state index is 0.0290. The van der Waals surface area contributed by atoms with Crippen LogP contribution < -0.4 is 10.6 Å². The van der Waals surface area contributed by atoms with Crippen LogP contribution >= 0.6 is 0 Å². The van der Waals surface area contributed by atoms with Crippen LogP contribution in [0.5, 0.6) is 0 Å². The molecule has 0 bridgehead atoms. The van der Waals surface area contributed by atoms with E-state index in [0.717, 1.165) is 0 Å². The molecule has 1 amide bonds. The van der Waals surface area contributed by atoms with Gasteiger partial charge < -0.3 is 10.6 Å². The van der Waals surface area contributed by atoms with Crippen LogP contribution in [0.15, 0.2) is 30.5 Å². The lowest BCUT2D eigenvalue weighted by atomic mass is 9.90. The van der Waals surface area contributed by atoms with Gasteiger partial charge in [-0.25, -0.2) is 0 Å². The van der Waals surface area contributed by atoms with Gasteiger partial charge in [-0.3, -0.25) is 9.78 Å². The fourth-order valence-electron chi connectivity index (χ4n) is 3.30. The largest absolute Gasteiger partial charge is 0.393 e. The standard InChI is InChI=1S/C17H15F3N4O/c18-17(19,20)11-4-6-14(16(22)25)24(9-11)13-5-3-10(8-21)15-12(13)2-1-7-23-15/h1-3,5,7,11,14H,4,6,9H2,(H2,22,25)/t11-,14?/m0/s1. The van der Waals surface area contributed by atoms with Crippen molar-refractivity contribution in [3.63, 3.8) is 0 Å². The zero-order valence-electron chi connectivity index (χ0n) is 13.1. The molecule has 2 N–H and O–H groups in total. The molecule has 8 heteroatoms. The van der Waals surface area contributed by atoms with E-state index in [1.54, 1.807) is 18.2 Å². The maximum absolute atomic E-state index is 13.2. The fraction of sp³-hybridized carbons (Fsp3) is 0.353. The molecule has 2 atom stereocenters. The predicted molar refractivity (Wildman–Crippen MR) is 85.6 cm³/mol. The molecule has 0 spiro atoms. The normalized spacial score (nSPS) is 21.1. The number of carbonyl (C=O) groups is 1. The van der Waals surface area contributed by atoms with E-state index in [1.807, 2.05) is 6.07 Å². The van der Waals surface area contributed by atoms with E-state index in [1.165, 1.54) is 17.2 Å². The number of nitrogens with two attached hydrogens (primary N) is 1. The number of amides is 1. The predicted octanol–water partition coefficient (Wildman–Crippen LogP) is 2.74. The van der Waals surface area contributed by atoms with E-state index in [-0.39, 0.29) is 19.4 Å². The number of nitrogens with zero attached hydrogens (tertiary/aromatic N) is 3. The second-order valence-corrected chi connectivity index (χ2v) is 6.03. The molecule has 5 nitrogen and oxygen atoms in total. The maximum Gasteiger partial charge on any atom is 0.393 e. The summed E-state index contributed by atoms with van der Waals surface area (Å²) in [6.45, 7) is -0.354. The summed E-state index contributed by atoms with van der Waals surface area (Å²) >= 11 is 0. The summed E-state index contributed by atoms with van der Waals surface area (Å²) in [5.74, 6) is -2.20. The van der Waals surface area contributed by atoms with Crippen LogP contribution in [0.4, 0.5) is 18.9 Å². The summed E-state index contributed by atoms with van der Waals surface area (Å²) in [4.78, 5) is 17.3. The number of halogens is 3. The Labute approximate surface area is 141 Å². The van der Waals surface area contributed by atoms with Crippen molar-refractivity contribution in [2.75, 3.05) is 11.4 Å². The average molecular weight is 348 g/mol.